The summed E-state index contributed by atoms with van der Waals surface area (Å²) < 4.78 is 7.45. The second kappa shape index (κ2) is 5.78. The lowest BCUT2D eigenvalue weighted by Gasteiger charge is -2.09. The van der Waals surface area contributed by atoms with Crippen molar-refractivity contribution in [3.63, 3.8) is 0 Å². The van der Waals surface area contributed by atoms with Gasteiger partial charge in [0, 0.05) is 24.5 Å². The van der Waals surface area contributed by atoms with E-state index >= 15 is 0 Å². The van der Waals surface area contributed by atoms with E-state index < -0.39 is 5.97 Å². The van der Waals surface area contributed by atoms with Gasteiger partial charge in [0.1, 0.15) is 5.75 Å². The minimum absolute atomic E-state index is 0.242. The number of hydrogen-bond acceptors (Lipinski definition) is 2. The Hall–Kier alpha value is -1.97. The van der Waals surface area contributed by atoms with Gasteiger partial charge in [-0.3, -0.25) is 4.79 Å². The van der Waals surface area contributed by atoms with Gasteiger partial charge in [0.25, 0.3) is 0 Å². The molecule has 4 heteroatoms. The summed E-state index contributed by atoms with van der Waals surface area (Å²) in [6.07, 6.45) is 3.88. The van der Waals surface area contributed by atoms with Crippen LogP contribution in [0.15, 0.2) is 24.4 Å². The molecule has 102 valence electrons. The van der Waals surface area contributed by atoms with Gasteiger partial charge in [-0.1, -0.05) is 0 Å². The summed E-state index contributed by atoms with van der Waals surface area (Å²) in [5.74, 6) is 0.145. The van der Waals surface area contributed by atoms with Crippen LogP contribution in [-0.2, 0) is 11.3 Å². The maximum atomic E-state index is 10.5. The first-order valence-electron chi connectivity index (χ1n) is 6.47. The minimum Gasteiger partial charge on any atom is -0.497 e. The standard InChI is InChI=1S/C15H19NO3/c1-11-9-13(19-2)10-12-6-8-16(15(11)12)7-4-3-5-14(17)18/h6,8-10H,3-5,7H2,1-2H3,(H,17,18). The number of hydrogen-bond donors (Lipinski definition) is 1. The van der Waals surface area contributed by atoms with Crippen molar-refractivity contribution in [1.29, 1.82) is 0 Å². The molecule has 0 spiro atoms. The Bertz CT molecular complexity index is 586. The van der Waals surface area contributed by atoms with E-state index in [0.29, 0.717) is 6.42 Å². The zero-order valence-electron chi connectivity index (χ0n) is 11.3. The van der Waals surface area contributed by atoms with Gasteiger partial charge in [-0.05, 0) is 43.5 Å². The highest BCUT2D eigenvalue weighted by Gasteiger charge is 2.06. The molecule has 0 unspecified atom stereocenters. The Balaban J connectivity index is 2.14. The minimum atomic E-state index is -0.724. The van der Waals surface area contributed by atoms with Crippen LogP contribution in [-0.4, -0.2) is 22.8 Å². The number of unbranched alkanes of at least 4 members (excludes halogenated alkanes) is 1. The first-order valence-corrected chi connectivity index (χ1v) is 6.47. The van der Waals surface area contributed by atoms with E-state index in [2.05, 4.69) is 23.8 Å². The molecule has 1 heterocycles. The summed E-state index contributed by atoms with van der Waals surface area (Å²) in [6.45, 7) is 2.92. The molecular weight excluding hydrogens is 242 g/mol. The number of ether oxygens (including phenoxy) is 1. The summed E-state index contributed by atoms with van der Waals surface area (Å²) in [7, 11) is 1.67. The Morgan fingerprint density at radius 1 is 1.37 bits per heavy atom. The molecule has 0 atom stereocenters. The van der Waals surface area contributed by atoms with Crippen molar-refractivity contribution in [2.75, 3.05) is 7.11 Å². The van der Waals surface area contributed by atoms with Crippen molar-refractivity contribution < 1.29 is 14.6 Å². The van der Waals surface area contributed by atoms with E-state index in [9.17, 15) is 4.79 Å². The number of nitrogens with zero attached hydrogens (tertiary/aromatic N) is 1. The van der Waals surface area contributed by atoms with Gasteiger partial charge in [0.2, 0.25) is 0 Å². The first kappa shape index (κ1) is 13.5. The van der Waals surface area contributed by atoms with Gasteiger partial charge < -0.3 is 14.4 Å². The zero-order valence-corrected chi connectivity index (χ0v) is 11.3. The smallest absolute Gasteiger partial charge is 0.303 e. The first-order chi connectivity index (χ1) is 9.11. The molecule has 1 aromatic carbocycles. The van der Waals surface area contributed by atoms with Crippen molar-refractivity contribution in [3.8, 4) is 5.75 Å². The van der Waals surface area contributed by atoms with Gasteiger partial charge in [-0.2, -0.15) is 0 Å². The summed E-state index contributed by atoms with van der Waals surface area (Å²) in [6, 6.07) is 6.12. The molecule has 0 fully saturated rings. The van der Waals surface area contributed by atoms with Crippen LogP contribution in [0.2, 0.25) is 0 Å². The van der Waals surface area contributed by atoms with Crippen molar-refractivity contribution in [2.45, 2.75) is 32.7 Å². The maximum Gasteiger partial charge on any atom is 0.303 e. The van der Waals surface area contributed by atoms with Crippen LogP contribution in [0, 0.1) is 6.92 Å². The Morgan fingerprint density at radius 2 is 2.16 bits per heavy atom. The van der Waals surface area contributed by atoms with Crippen LogP contribution in [0.5, 0.6) is 5.75 Å². The van der Waals surface area contributed by atoms with Gasteiger partial charge in [-0.15, -0.1) is 0 Å². The highest BCUT2D eigenvalue weighted by molar-refractivity contribution is 5.84. The molecule has 1 aromatic heterocycles. The monoisotopic (exact) mass is 261 g/mol. The third kappa shape index (κ3) is 3.08. The molecule has 0 aliphatic heterocycles. The fraction of sp³-hybridized carbons (Fsp3) is 0.400. The summed E-state index contributed by atoms with van der Waals surface area (Å²) in [5.41, 5.74) is 2.38. The van der Waals surface area contributed by atoms with Gasteiger partial charge in [-0.25, -0.2) is 0 Å². The van der Waals surface area contributed by atoms with E-state index in [1.165, 1.54) is 11.1 Å². The van der Waals surface area contributed by atoms with Gasteiger partial charge in [0.15, 0.2) is 0 Å². The second-order valence-electron chi connectivity index (χ2n) is 4.74. The van der Waals surface area contributed by atoms with Crippen LogP contribution in [0.25, 0.3) is 10.9 Å². The predicted octanol–water partition coefficient (Wildman–Crippen LogP) is 3.21. The summed E-state index contributed by atoms with van der Waals surface area (Å²) >= 11 is 0. The predicted molar refractivity (Wildman–Crippen MR) is 74.7 cm³/mol. The zero-order chi connectivity index (χ0) is 13.8. The van der Waals surface area contributed by atoms with E-state index in [1.807, 2.05) is 12.1 Å². The third-order valence-electron chi connectivity index (χ3n) is 3.30. The van der Waals surface area contributed by atoms with E-state index in [0.717, 1.165) is 24.1 Å². The molecule has 2 aromatic rings. The molecule has 2 rings (SSSR count). The number of aromatic nitrogens is 1. The van der Waals surface area contributed by atoms with E-state index in [1.54, 1.807) is 7.11 Å². The number of fused-ring (bicyclic) bond motifs is 1. The number of carbonyl (C=O) groups is 1. The van der Waals surface area contributed by atoms with Crippen molar-refractivity contribution in [3.05, 3.63) is 30.0 Å². The Labute approximate surface area is 112 Å². The number of carboxylic acids is 1. The molecule has 0 aliphatic rings. The highest BCUT2D eigenvalue weighted by Crippen LogP contribution is 2.26. The summed E-state index contributed by atoms with van der Waals surface area (Å²) in [4.78, 5) is 10.5. The molecule has 19 heavy (non-hydrogen) atoms. The largest absolute Gasteiger partial charge is 0.497 e. The normalized spacial score (nSPS) is 10.8. The van der Waals surface area contributed by atoms with Crippen molar-refractivity contribution in [2.24, 2.45) is 0 Å². The molecule has 0 bridgehead atoms. The van der Waals surface area contributed by atoms with Gasteiger partial charge in [0.05, 0.1) is 12.6 Å². The van der Waals surface area contributed by atoms with Crippen molar-refractivity contribution >= 4 is 16.9 Å². The van der Waals surface area contributed by atoms with Crippen LogP contribution < -0.4 is 4.74 Å². The summed E-state index contributed by atoms with van der Waals surface area (Å²) in [5, 5.41) is 9.79. The highest BCUT2D eigenvalue weighted by atomic mass is 16.5. The molecule has 0 saturated heterocycles. The van der Waals surface area contributed by atoms with E-state index in [4.69, 9.17) is 9.84 Å². The fourth-order valence-corrected chi connectivity index (χ4v) is 2.40. The quantitative estimate of drug-likeness (QED) is 0.812. The number of rotatable bonds is 6. The molecule has 0 aliphatic carbocycles. The van der Waals surface area contributed by atoms with Crippen LogP contribution >= 0.6 is 0 Å². The topological polar surface area (TPSA) is 51.5 Å². The second-order valence-corrected chi connectivity index (χ2v) is 4.74. The molecule has 0 amide bonds. The molecule has 4 nitrogen and oxygen atoms in total. The number of aryl methyl sites for hydroxylation is 2. The van der Waals surface area contributed by atoms with Gasteiger partial charge >= 0.3 is 5.97 Å². The number of carboxylic acid groups (broad SMARTS) is 1. The Morgan fingerprint density at radius 3 is 2.84 bits per heavy atom. The van der Waals surface area contributed by atoms with Crippen LogP contribution in [0.4, 0.5) is 0 Å². The maximum absolute atomic E-state index is 10.5. The average Bonchev–Trinajstić information content (AvgIpc) is 2.78. The Kier molecular flexibility index (Phi) is 4.10. The third-order valence-corrected chi connectivity index (χ3v) is 3.30. The van der Waals surface area contributed by atoms with E-state index in [-0.39, 0.29) is 6.42 Å². The average molecular weight is 261 g/mol. The molecule has 1 N–H and O–H groups in total. The molecule has 0 saturated carbocycles. The molecule has 0 radical (unpaired) electrons. The lowest BCUT2D eigenvalue weighted by Crippen LogP contribution is -2.00. The van der Waals surface area contributed by atoms with Crippen LogP contribution in [0.1, 0.15) is 24.8 Å². The SMILES string of the molecule is COc1cc(C)c2c(ccn2CCCCC(=O)O)c1. The van der Waals surface area contributed by atoms with Crippen molar-refractivity contribution in [1.82, 2.24) is 4.57 Å². The number of benzene rings is 1. The van der Waals surface area contributed by atoms with Crippen LogP contribution in [0.3, 0.4) is 0 Å². The number of aliphatic carboxylic acids is 1. The number of methoxy groups -OCH3 is 1. The lowest BCUT2D eigenvalue weighted by atomic mass is 10.1. The molecular formula is C15H19NO3. The fourth-order valence-electron chi connectivity index (χ4n) is 2.40. The lowest BCUT2D eigenvalue weighted by molar-refractivity contribution is -0.137.